The van der Waals surface area contributed by atoms with E-state index in [2.05, 4.69) is 5.32 Å². The molecular weight excluding hydrogens is 206 g/mol. The van der Waals surface area contributed by atoms with Gasteiger partial charge in [0.25, 0.3) is 0 Å². The fourth-order valence-electron chi connectivity index (χ4n) is 1.34. The molecule has 1 aromatic carbocycles. The van der Waals surface area contributed by atoms with Crippen molar-refractivity contribution in [2.45, 2.75) is 6.10 Å². The smallest absolute Gasteiger partial charge is 0.0914 e. The van der Waals surface area contributed by atoms with Crippen molar-refractivity contribution in [3.8, 4) is 0 Å². The summed E-state index contributed by atoms with van der Waals surface area (Å²) in [7, 11) is 0. The second-order valence-electron chi connectivity index (χ2n) is 3.47. The molecule has 0 spiro atoms. The fraction of sp³-hybridized carbons (Fsp3) is 0.500. The maximum atomic E-state index is 9.78. The van der Waals surface area contributed by atoms with Crippen LogP contribution in [0.4, 0.5) is 0 Å². The van der Waals surface area contributed by atoms with Gasteiger partial charge in [-0.05, 0) is 5.56 Å². The largest absolute Gasteiger partial charge is 0.394 e. The van der Waals surface area contributed by atoms with E-state index in [1.807, 2.05) is 30.3 Å². The van der Waals surface area contributed by atoms with Crippen molar-refractivity contribution in [1.29, 1.82) is 0 Å². The third kappa shape index (κ3) is 5.23. The normalized spacial score (nSPS) is 12.6. The van der Waals surface area contributed by atoms with Crippen molar-refractivity contribution in [2.75, 3.05) is 32.9 Å². The first-order valence-corrected chi connectivity index (χ1v) is 5.47. The zero-order valence-corrected chi connectivity index (χ0v) is 9.30. The molecule has 1 aromatic rings. The van der Waals surface area contributed by atoms with Gasteiger partial charge < -0.3 is 20.3 Å². The number of ether oxygens (including phenoxy) is 1. The summed E-state index contributed by atoms with van der Waals surface area (Å²) in [6, 6.07) is 9.53. The average Bonchev–Trinajstić information content (AvgIpc) is 2.34. The highest BCUT2D eigenvalue weighted by atomic mass is 16.5. The molecule has 0 bridgehead atoms. The number of nitrogens with one attached hydrogen (secondary N) is 1. The number of hydrogen-bond acceptors (Lipinski definition) is 4. The number of aliphatic hydroxyl groups excluding tert-OH is 2. The molecule has 4 nitrogen and oxygen atoms in total. The molecule has 16 heavy (non-hydrogen) atoms. The standard InChI is InChI=1S/C12H19NO3/c14-7-9-16-8-6-13-10-12(15)11-4-2-1-3-5-11/h1-5,12-15H,6-10H2. The second-order valence-corrected chi connectivity index (χ2v) is 3.47. The van der Waals surface area contributed by atoms with Gasteiger partial charge in [-0.2, -0.15) is 0 Å². The average molecular weight is 225 g/mol. The summed E-state index contributed by atoms with van der Waals surface area (Å²) in [4.78, 5) is 0. The van der Waals surface area contributed by atoms with Gasteiger partial charge in [-0.25, -0.2) is 0 Å². The summed E-state index contributed by atoms with van der Waals surface area (Å²) in [5, 5.41) is 21.3. The molecule has 0 saturated heterocycles. The molecule has 0 fully saturated rings. The minimum Gasteiger partial charge on any atom is -0.394 e. The van der Waals surface area contributed by atoms with Crippen LogP contribution in [0.15, 0.2) is 30.3 Å². The molecular formula is C12H19NO3. The Labute approximate surface area is 95.9 Å². The first-order valence-electron chi connectivity index (χ1n) is 5.47. The maximum Gasteiger partial charge on any atom is 0.0914 e. The number of benzene rings is 1. The fourth-order valence-corrected chi connectivity index (χ4v) is 1.34. The van der Waals surface area contributed by atoms with Crippen molar-refractivity contribution >= 4 is 0 Å². The summed E-state index contributed by atoms with van der Waals surface area (Å²) < 4.78 is 5.08. The first kappa shape index (κ1) is 13.1. The van der Waals surface area contributed by atoms with Gasteiger partial charge in [-0.1, -0.05) is 30.3 Å². The molecule has 0 aliphatic carbocycles. The summed E-state index contributed by atoms with van der Waals surface area (Å²) in [6.07, 6.45) is -0.487. The Balaban J connectivity index is 2.09. The molecule has 1 rings (SSSR count). The van der Waals surface area contributed by atoms with Gasteiger partial charge in [0.05, 0.1) is 25.9 Å². The van der Waals surface area contributed by atoms with Gasteiger partial charge in [0.2, 0.25) is 0 Å². The summed E-state index contributed by atoms with van der Waals surface area (Å²) >= 11 is 0. The van der Waals surface area contributed by atoms with E-state index in [9.17, 15) is 5.11 Å². The van der Waals surface area contributed by atoms with Crippen LogP contribution in [0, 0.1) is 0 Å². The van der Waals surface area contributed by atoms with Gasteiger partial charge in [0.15, 0.2) is 0 Å². The highest BCUT2D eigenvalue weighted by Gasteiger charge is 2.04. The molecule has 0 amide bonds. The van der Waals surface area contributed by atoms with Crippen LogP contribution >= 0.6 is 0 Å². The molecule has 0 saturated carbocycles. The van der Waals surface area contributed by atoms with Crippen molar-refractivity contribution in [2.24, 2.45) is 0 Å². The lowest BCUT2D eigenvalue weighted by Gasteiger charge is -2.12. The third-order valence-corrected chi connectivity index (χ3v) is 2.18. The molecule has 1 unspecified atom stereocenters. The van der Waals surface area contributed by atoms with Crippen molar-refractivity contribution in [1.82, 2.24) is 5.32 Å². The molecule has 3 N–H and O–H groups in total. The van der Waals surface area contributed by atoms with Gasteiger partial charge >= 0.3 is 0 Å². The van der Waals surface area contributed by atoms with E-state index in [1.54, 1.807) is 0 Å². The first-order chi connectivity index (χ1) is 7.84. The number of hydrogen-bond donors (Lipinski definition) is 3. The van der Waals surface area contributed by atoms with Crippen LogP contribution in [0.1, 0.15) is 11.7 Å². The molecule has 0 radical (unpaired) electrons. The molecule has 0 aromatic heterocycles. The third-order valence-electron chi connectivity index (χ3n) is 2.18. The lowest BCUT2D eigenvalue weighted by atomic mass is 10.1. The van der Waals surface area contributed by atoms with Crippen molar-refractivity contribution < 1.29 is 14.9 Å². The lowest BCUT2D eigenvalue weighted by molar-refractivity contribution is 0.0910. The minimum absolute atomic E-state index is 0.0483. The van der Waals surface area contributed by atoms with Crippen molar-refractivity contribution in [3.63, 3.8) is 0 Å². The molecule has 0 aliphatic rings. The quantitative estimate of drug-likeness (QED) is 0.558. The van der Waals surface area contributed by atoms with Crippen LogP contribution in [0.25, 0.3) is 0 Å². The van der Waals surface area contributed by atoms with E-state index >= 15 is 0 Å². The Morgan fingerprint density at radius 2 is 1.94 bits per heavy atom. The van der Waals surface area contributed by atoms with Gasteiger partial charge in [0.1, 0.15) is 0 Å². The van der Waals surface area contributed by atoms with E-state index in [0.717, 1.165) is 5.56 Å². The number of aliphatic hydroxyl groups is 2. The van der Waals surface area contributed by atoms with E-state index in [4.69, 9.17) is 9.84 Å². The lowest BCUT2D eigenvalue weighted by Crippen LogP contribution is -2.25. The van der Waals surface area contributed by atoms with Crippen LogP contribution < -0.4 is 5.32 Å². The molecule has 0 heterocycles. The van der Waals surface area contributed by atoms with Crippen LogP contribution in [-0.2, 0) is 4.74 Å². The Kier molecular flexibility index (Phi) is 6.76. The molecule has 1 atom stereocenters. The summed E-state index contributed by atoms with van der Waals surface area (Å²) in [5.74, 6) is 0. The molecule has 4 heteroatoms. The second kappa shape index (κ2) is 8.24. The van der Waals surface area contributed by atoms with Crippen LogP contribution in [0.3, 0.4) is 0 Å². The molecule has 90 valence electrons. The molecule has 0 aliphatic heterocycles. The van der Waals surface area contributed by atoms with Gasteiger partial charge in [-0.3, -0.25) is 0 Å². The predicted octanol–water partition coefficient (Wildman–Crippen LogP) is 0.318. The maximum absolute atomic E-state index is 9.78. The van der Waals surface area contributed by atoms with E-state index in [-0.39, 0.29) is 6.61 Å². The highest BCUT2D eigenvalue weighted by molar-refractivity contribution is 5.17. The highest BCUT2D eigenvalue weighted by Crippen LogP contribution is 2.09. The Bertz CT molecular complexity index is 266. The topological polar surface area (TPSA) is 61.7 Å². The van der Waals surface area contributed by atoms with Crippen LogP contribution in [0.2, 0.25) is 0 Å². The summed E-state index contributed by atoms with van der Waals surface area (Å²) in [6.45, 7) is 2.13. The van der Waals surface area contributed by atoms with E-state index in [0.29, 0.717) is 26.3 Å². The van der Waals surface area contributed by atoms with E-state index < -0.39 is 6.10 Å². The van der Waals surface area contributed by atoms with Crippen molar-refractivity contribution in [3.05, 3.63) is 35.9 Å². The predicted molar refractivity (Wildman–Crippen MR) is 62.2 cm³/mol. The Hall–Kier alpha value is -0.940. The number of rotatable bonds is 8. The summed E-state index contributed by atoms with van der Waals surface area (Å²) in [5.41, 5.74) is 0.909. The SMILES string of the molecule is OCCOCCNCC(O)c1ccccc1. The van der Waals surface area contributed by atoms with Gasteiger partial charge in [0, 0.05) is 13.1 Å². The minimum atomic E-state index is -0.487. The van der Waals surface area contributed by atoms with Crippen LogP contribution in [-0.4, -0.2) is 43.1 Å². The zero-order chi connectivity index (χ0) is 11.6. The zero-order valence-electron chi connectivity index (χ0n) is 9.30. The Morgan fingerprint density at radius 1 is 1.19 bits per heavy atom. The monoisotopic (exact) mass is 225 g/mol. The van der Waals surface area contributed by atoms with Gasteiger partial charge in [-0.15, -0.1) is 0 Å². The van der Waals surface area contributed by atoms with E-state index in [1.165, 1.54) is 0 Å². The van der Waals surface area contributed by atoms with Crippen LogP contribution in [0.5, 0.6) is 0 Å². The Morgan fingerprint density at radius 3 is 2.62 bits per heavy atom.